The van der Waals surface area contributed by atoms with Crippen molar-refractivity contribution >= 4 is 17.5 Å². The molecule has 1 aromatic heterocycles. The number of halogens is 1. The van der Waals surface area contributed by atoms with E-state index >= 15 is 0 Å². The highest BCUT2D eigenvalue weighted by Gasteiger charge is 2.42. The Labute approximate surface area is 120 Å². The van der Waals surface area contributed by atoms with Gasteiger partial charge in [-0.3, -0.25) is 9.36 Å². The first-order valence-electron chi connectivity index (χ1n) is 6.29. The van der Waals surface area contributed by atoms with Crippen LogP contribution in [0, 0.1) is 11.3 Å². The number of hydrogen-bond donors (Lipinski definition) is 0. The molecule has 0 unspecified atom stereocenters. The largest absolute Gasteiger partial charge is 0.330 e. The van der Waals surface area contributed by atoms with Crippen LogP contribution < -0.4 is 0 Å². The van der Waals surface area contributed by atoms with Crippen molar-refractivity contribution in [2.24, 2.45) is 0 Å². The first kappa shape index (κ1) is 11.5. The van der Waals surface area contributed by atoms with Crippen LogP contribution in [0.1, 0.15) is 34.2 Å². The first-order chi connectivity index (χ1) is 9.72. The smallest absolute Gasteiger partial charge is 0.258 e. The molecule has 1 atom stereocenters. The second-order valence-electron chi connectivity index (χ2n) is 4.90. The molecule has 2 aliphatic heterocycles. The summed E-state index contributed by atoms with van der Waals surface area (Å²) in [5, 5.41) is 9.64. The number of nitriles is 1. The van der Waals surface area contributed by atoms with Gasteiger partial charge >= 0.3 is 0 Å². The molecule has 20 heavy (non-hydrogen) atoms. The Bertz CT molecular complexity index is 789. The molecule has 6 heteroatoms. The third-order valence-electron chi connectivity index (χ3n) is 3.97. The van der Waals surface area contributed by atoms with E-state index < -0.39 is 0 Å². The minimum Gasteiger partial charge on any atom is -0.330 e. The Morgan fingerprint density at radius 3 is 3.00 bits per heavy atom. The molecule has 1 saturated heterocycles. The number of amides is 1. The number of carbonyl (C=O) groups is 1. The molecule has 0 N–H and O–H groups in total. The van der Waals surface area contributed by atoms with Crippen LogP contribution in [-0.2, 0) is 0 Å². The second kappa shape index (κ2) is 3.84. The molecule has 0 saturated carbocycles. The lowest BCUT2D eigenvalue weighted by molar-refractivity contribution is 0.0460. The van der Waals surface area contributed by atoms with Gasteiger partial charge in [0.1, 0.15) is 12.4 Å². The molecule has 0 aliphatic carbocycles. The van der Waals surface area contributed by atoms with Gasteiger partial charge in [-0.05, 0) is 18.6 Å². The average molecular weight is 285 g/mol. The highest BCUT2D eigenvalue weighted by atomic mass is 35.5. The summed E-state index contributed by atoms with van der Waals surface area (Å²) in [5.74, 6) is -0.0746. The van der Waals surface area contributed by atoms with E-state index in [0.717, 1.165) is 12.1 Å². The lowest BCUT2D eigenvalue weighted by Gasteiger charge is -2.39. The summed E-state index contributed by atoms with van der Waals surface area (Å²) >= 11 is 6.21. The first-order valence-corrected chi connectivity index (χ1v) is 6.67. The highest BCUT2D eigenvalue weighted by Crippen LogP contribution is 2.42. The Hall–Kier alpha value is -2.32. The quantitative estimate of drug-likeness (QED) is 0.746. The number of fused-ring (bicyclic) bond motifs is 5. The van der Waals surface area contributed by atoms with Crippen LogP contribution >= 0.6 is 11.6 Å². The number of benzene rings is 1. The van der Waals surface area contributed by atoms with Gasteiger partial charge in [0, 0.05) is 6.54 Å². The minimum atomic E-state index is -0.0804. The number of nitrogens with zero attached hydrogens (tertiary/aromatic N) is 4. The lowest BCUT2D eigenvalue weighted by atomic mass is 9.98. The van der Waals surface area contributed by atoms with Crippen LogP contribution in [0.15, 0.2) is 24.5 Å². The van der Waals surface area contributed by atoms with E-state index in [1.54, 1.807) is 23.4 Å². The summed E-state index contributed by atoms with van der Waals surface area (Å²) in [4.78, 5) is 18.5. The number of hydrogen-bond acceptors (Lipinski definition) is 3. The summed E-state index contributed by atoms with van der Waals surface area (Å²) < 4.78 is 1.82. The van der Waals surface area contributed by atoms with E-state index in [1.165, 1.54) is 0 Å². The van der Waals surface area contributed by atoms with Gasteiger partial charge in [-0.15, -0.1) is 0 Å². The zero-order valence-electron chi connectivity index (χ0n) is 10.4. The lowest BCUT2D eigenvalue weighted by Crippen LogP contribution is -2.44. The van der Waals surface area contributed by atoms with Crippen LogP contribution in [-0.4, -0.2) is 26.9 Å². The van der Waals surface area contributed by atoms with Gasteiger partial charge in [0.2, 0.25) is 0 Å². The van der Waals surface area contributed by atoms with Crippen LogP contribution in [0.4, 0.5) is 0 Å². The van der Waals surface area contributed by atoms with Crippen LogP contribution in [0.2, 0.25) is 5.02 Å². The Morgan fingerprint density at radius 2 is 2.30 bits per heavy atom. The highest BCUT2D eigenvalue weighted by molar-refractivity contribution is 6.34. The molecule has 2 aromatic rings. The van der Waals surface area contributed by atoms with Crippen molar-refractivity contribution in [3.63, 3.8) is 0 Å². The number of imidazole rings is 1. The van der Waals surface area contributed by atoms with Gasteiger partial charge in [0.25, 0.3) is 5.91 Å². The zero-order valence-corrected chi connectivity index (χ0v) is 11.1. The van der Waals surface area contributed by atoms with E-state index in [1.807, 2.05) is 10.6 Å². The molecule has 0 radical (unpaired) electrons. The monoisotopic (exact) mass is 284 g/mol. The van der Waals surface area contributed by atoms with E-state index in [-0.39, 0.29) is 11.9 Å². The topological polar surface area (TPSA) is 61.9 Å². The molecule has 2 aliphatic rings. The van der Waals surface area contributed by atoms with Crippen molar-refractivity contribution in [3.8, 4) is 11.8 Å². The van der Waals surface area contributed by atoms with E-state index in [0.29, 0.717) is 28.5 Å². The van der Waals surface area contributed by atoms with Gasteiger partial charge in [0.05, 0.1) is 28.0 Å². The molecular formula is C14H9ClN4O. The summed E-state index contributed by atoms with van der Waals surface area (Å²) in [6.45, 7) is 0.685. The van der Waals surface area contributed by atoms with Crippen LogP contribution in [0.25, 0.3) is 5.69 Å². The van der Waals surface area contributed by atoms with E-state index in [2.05, 4.69) is 11.1 Å². The van der Waals surface area contributed by atoms with Crippen molar-refractivity contribution in [1.29, 1.82) is 5.26 Å². The molecule has 1 fully saturated rings. The maximum absolute atomic E-state index is 12.6. The number of aromatic nitrogens is 2. The maximum Gasteiger partial charge on any atom is 0.258 e. The molecule has 1 aromatic carbocycles. The van der Waals surface area contributed by atoms with Crippen molar-refractivity contribution in [1.82, 2.24) is 14.5 Å². The molecule has 0 bridgehead atoms. The Morgan fingerprint density at radius 1 is 1.45 bits per heavy atom. The molecule has 5 nitrogen and oxygen atoms in total. The molecule has 1 amide bonds. The average Bonchev–Trinajstić information content (AvgIpc) is 2.77. The number of rotatable bonds is 0. The SMILES string of the molecule is N#Cc1ncn2c1[C@@H]1CCN1C(=O)c1c(Cl)cccc1-2. The van der Waals surface area contributed by atoms with Crippen molar-refractivity contribution in [2.45, 2.75) is 12.5 Å². The third kappa shape index (κ3) is 1.27. The summed E-state index contributed by atoms with van der Waals surface area (Å²) in [6, 6.07) is 7.36. The fourth-order valence-corrected chi connectivity index (χ4v) is 3.19. The van der Waals surface area contributed by atoms with Gasteiger partial charge in [-0.25, -0.2) is 4.98 Å². The summed E-state index contributed by atoms with van der Waals surface area (Å²) in [7, 11) is 0. The molecule has 4 rings (SSSR count). The molecular weight excluding hydrogens is 276 g/mol. The Kier molecular flexibility index (Phi) is 2.21. The fraction of sp³-hybridized carbons (Fsp3) is 0.214. The standard InChI is InChI=1S/C14H9ClN4O/c15-8-2-1-3-10-12(8)14(20)18-5-4-11(18)13-9(6-16)17-7-19(10)13/h1-3,7,11H,4-5H2/t11-/m0/s1. The number of carbonyl (C=O) groups excluding carboxylic acids is 1. The zero-order chi connectivity index (χ0) is 13.9. The Balaban J connectivity index is 2.09. The van der Waals surface area contributed by atoms with Gasteiger partial charge < -0.3 is 4.90 Å². The van der Waals surface area contributed by atoms with Crippen LogP contribution in [0.3, 0.4) is 0 Å². The summed E-state index contributed by atoms with van der Waals surface area (Å²) in [6.07, 6.45) is 2.44. The van der Waals surface area contributed by atoms with Gasteiger partial charge in [0.15, 0.2) is 5.69 Å². The minimum absolute atomic E-state index is 0.0746. The molecule has 0 spiro atoms. The predicted octanol–water partition coefficient (Wildman–Crippen LogP) is 2.30. The predicted molar refractivity (Wildman–Crippen MR) is 71.7 cm³/mol. The van der Waals surface area contributed by atoms with Crippen molar-refractivity contribution in [3.05, 3.63) is 46.5 Å². The normalized spacial score (nSPS) is 19.3. The van der Waals surface area contributed by atoms with Crippen molar-refractivity contribution < 1.29 is 4.79 Å². The summed E-state index contributed by atoms with van der Waals surface area (Å²) in [5.41, 5.74) is 2.34. The maximum atomic E-state index is 12.6. The molecule has 3 heterocycles. The van der Waals surface area contributed by atoms with Crippen LogP contribution in [0.5, 0.6) is 0 Å². The van der Waals surface area contributed by atoms with Gasteiger partial charge in [-0.1, -0.05) is 17.7 Å². The van der Waals surface area contributed by atoms with Gasteiger partial charge in [-0.2, -0.15) is 5.26 Å². The second-order valence-corrected chi connectivity index (χ2v) is 5.30. The van der Waals surface area contributed by atoms with E-state index in [4.69, 9.17) is 11.6 Å². The third-order valence-corrected chi connectivity index (χ3v) is 4.29. The van der Waals surface area contributed by atoms with Crippen molar-refractivity contribution in [2.75, 3.05) is 6.54 Å². The molecule has 98 valence electrons. The fourth-order valence-electron chi connectivity index (χ4n) is 2.94. The van der Waals surface area contributed by atoms with E-state index in [9.17, 15) is 10.1 Å².